The van der Waals surface area contributed by atoms with Crippen molar-refractivity contribution in [1.82, 2.24) is 0 Å². The fourth-order valence-corrected chi connectivity index (χ4v) is 3.40. The summed E-state index contributed by atoms with van der Waals surface area (Å²) in [5, 5.41) is 0. The molecule has 0 saturated heterocycles. The number of ether oxygens (including phenoxy) is 4. The molecule has 136 valence electrons. The monoisotopic (exact) mass is 377 g/mol. The summed E-state index contributed by atoms with van der Waals surface area (Å²) in [5.74, 6) is 0.837. The minimum atomic E-state index is -2.93. The lowest BCUT2D eigenvalue weighted by Crippen LogP contribution is -2.06. The predicted molar refractivity (Wildman–Crippen MR) is 95.4 cm³/mol. The molecule has 2 rings (SSSR count). The molecule has 0 saturated carbocycles. The van der Waals surface area contributed by atoms with Gasteiger partial charge in [-0.25, -0.2) is 9.59 Å². The first-order valence-electron chi connectivity index (χ1n) is 7.48. The molecule has 0 heterocycles. The maximum Gasteiger partial charge on any atom is 0.502 e. The fraction of sp³-hybridized carbons (Fsp3) is 0.222. The van der Waals surface area contributed by atoms with Gasteiger partial charge in [0.05, 0.1) is 28.4 Å². The molecule has 0 aliphatic carbocycles. The van der Waals surface area contributed by atoms with Crippen LogP contribution in [0.2, 0.25) is 0 Å². The first-order chi connectivity index (χ1) is 12.5. The van der Waals surface area contributed by atoms with E-state index in [9.17, 15) is 14.2 Å². The molecule has 0 atom stereocenters. The molecule has 0 fully saturated rings. The van der Waals surface area contributed by atoms with Gasteiger partial charge in [-0.2, -0.15) is 0 Å². The normalized spacial score (nSPS) is 10.0. The van der Waals surface area contributed by atoms with Crippen molar-refractivity contribution in [3.05, 3.63) is 47.5 Å². The number of rotatable bonds is 8. The topological polar surface area (TPSA) is 88.1 Å². The molecule has 2 aromatic carbocycles. The third-order valence-corrected chi connectivity index (χ3v) is 4.86. The molecule has 0 radical (unpaired) electrons. The van der Waals surface area contributed by atoms with Gasteiger partial charge in [-0.1, -0.05) is 16.7 Å². The van der Waals surface area contributed by atoms with E-state index >= 15 is 0 Å². The number of carbonyl (C=O) groups excluding carboxylic acids is 2. The van der Waals surface area contributed by atoms with E-state index in [-0.39, 0.29) is 22.6 Å². The van der Waals surface area contributed by atoms with Crippen molar-refractivity contribution in [3.8, 4) is 23.0 Å². The van der Waals surface area contributed by atoms with E-state index in [1.165, 1.54) is 40.6 Å². The molecule has 0 aliphatic rings. The Bertz CT molecular complexity index is 791. The molecule has 2 aromatic rings. The molecule has 26 heavy (non-hydrogen) atoms. The molecule has 0 N–H and O–H groups in total. The maximum absolute atomic E-state index is 12.6. The van der Waals surface area contributed by atoms with Crippen LogP contribution in [0.4, 0.5) is 0 Å². The van der Waals surface area contributed by atoms with Gasteiger partial charge >= 0.3 is 18.8 Å². The van der Waals surface area contributed by atoms with E-state index in [0.717, 1.165) is 0 Å². The van der Waals surface area contributed by atoms with Crippen molar-refractivity contribution in [1.29, 1.82) is 0 Å². The van der Waals surface area contributed by atoms with Crippen molar-refractivity contribution in [3.63, 3.8) is 0 Å². The van der Waals surface area contributed by atoms with Gasteiger partial charge in [-0.3, -0.25) is 0 Å². The number of hydrogen-bond donors (Lipinski definition) is 0. The van der Waals surface area contributed by atoms with Crippen LogP contribution in [-0.4, -0.2) is 39.5 Å². The minimum absolute atomic E-state index is 0.00294. The van der Waals surface area contributed by atoms with Crippen molar-refractivity contribution in [2.45, 2.75) is 0 Å². The Labute approximate surface area is 151 Å². The lowest BCUT2D eigenvalue weighted by Gasteiger charge is -2.09. The maximum atomic E-state index is 12.6. The summed E-state index contributed by atoms with van der Waals surface area (Å²) in [6, 6.07) is 9.13. The lowest BCUT2D eigenvalue weighted by atomic mass is 10.2. The van der Waals surface area contributed by atoms with E-state index in [4.69, 9.17) is 18.9 Å². The van der Waals surface area contributed by atoms with Crippen molar-refractivity contribution in [2.24, 2.45) is 0 Å². The minimum Gasteiger partial charge on any atom is -0.493 e. The molecule has 8 heteroatoms. The van der Waals surface area contributed by atoms with E-state index in [1.807, 2.05) is 0 Å². The third kappa shape index (κ3) is 3.53. The van der Waals surface area contributed by atoms with Gasteiger partial charge in [0.2, 0.25) is 0 Å². The lowest BCUT2D eigenvalue weighted by molar-refractivity contribution is 0.104. The molecule has 0 unspecified atom stereocenters. The van der Waals surface area contributed by atoms with Crippen LogP contribution in [0.25, 0.3) is 0 Å². The quantitative estimate of drug-likeness (QED) is 0.650. The first kappa shape index (κ1) is 19.4. The van der Waals surface area contributed by atoms with Crippen LogP contribution in [-0.2, 0) is 4.57 Å². The van der Waals surface area contributed by atoms with E-state index in [1.54, 1.807) is 24.3 Å². The zero-order valence-corrected chi connectivity index (χ0v) is 15.7. The molecule has 0 amide bonds. The summed E-state index contributed by atoms with van der Waals surface area (Å²) >= 11 is 0. The van der Waals surface area contributed by atoms with Crippen LogP contribution >= 0.6 is 7.80 Å². The number of benzene rings is 2. The van der Waals surface area contributed by atoms with Crippen LogP contribution < -0.4 is 18.9 Å². The highest BCUT2D eigenvalue weighted by Crippen LogP contribution is 2.42. The third-order valence-electron chi connectivity index (χ3n) is 3.64. The average molecular weight is 377 g/mol. The Hall–Kier alpha value is -2.92. The van der Waals surface area contributed by atoms with E-state index in [0.29, 0.717) is 11.5 Å². The number of methoxy groups -OCH3 is 4. The highest BCUT2D eigenvalue weighted by atomic mass is 31.1. The van der Waals surface area contributed by atoms with Gasteiger partial charge in [-0.15, -0.1) is 0 Å². The predicted octanol–water partition coefficient (Wildman–Crippen LogP) is 3.53. The average Bonchev–Trinajstić information content (AvgIpc) is 2.70. The van der Waals surface area contributed by atoms with Crippen molar-refractivity contribution < 1.29 is 33.1 Å². The summed E-state index contributed by atoms with van der Waals surface area (Å²) in [6.07, 6.45) is 0. The Morgan fingerprint density at radius 3 is 1.38 bits per heavy atom. The summed E-state index contributed by atoms with van der Waals surface area (Å²) in [7, 11) is 2.61. The second kappa shape index (κ2) is 8.45. The molecular formula is C18H18O7P+. The summed E-state index contributed by atoms with van der Waals surface area (Å²) < 4.78 is 33.2. The summed E-state index contributed by atoms with van der Waals surface area (Å²) in [4.78, 5) is 25.3. The number of carbonyl (C=O) groups is 2. The molecule has 7 nitrogen and oxygen atoms in total. The summed E-state index contributed by atoms with van der Waals surface area (Å²) in [6.45, 7) is 0. The molecule has 0 bridgehead atoms. The highest BCUT2D eigenvalue weighted by Gasteiger charge is 2.43. The van der Waals surface area contributed by atoms with Gasteiger partial charge in [0, 0.05) is 0 Å². The second-order valence-corrected chi connectivity index (χ2v) is 6.39. The standard InChI is InChI=1S/C18H18O7P/c1-22-13-9-5-7-11(15(13)24-3)17(19)26(21)18(20)12-8-6-10-14(23-2)16(12)25-4/h5-10H,1-4H3/q+1. The van der Waals surface area contributed by atoms with Crippen LogP contribution in [0.1, 0.15) is 20.7 Å². The van der Waals surface area contributed by atoms with Gasteiger partial charge < -0.3 is 18.9 Å². The van der Waals surface area contributed by atoms with Gasteiger partial charge in [0.25, 0.3) is 0 Å². The SMILES string of the molecule is COc1cccc(C(=O)[P+](=O)C(=O)c2cccc(OC)c2OC)c1OC. The molecule has 0 spiro atoms. The Balaban J connectivity index is 2.44. The summed E-state index contributed by atoms with van der Waals surface area (Å²) in [5.41, 5.74) is -1.71. The Morgan fingerprint density at radius 1 is 0.692 bits per heavy atom. The first-order valence-corrected chi connectivity index (χ1v) is 8.74. The van der Waals surface area contributed by atoms with Crippen LogP contribution in [0.15, 0.2) is 36.4 Å². The smallest absolute Gasteiger partial charge is 0.493 e. The molecule has 0 aromatic heterocycles. The van der Waals surface area contributed by atoms with Crippen molar-refractivity contribution in [2.75, 3.05) is 28.4 Å². The second-order valence-electron chi connectivity index (χ2n) is 4.99. The van der Waals surface area contributed by atoms with Crippen LogP contribution in [0, 0.1) is 0 Å². The molecular weight excluding hydrogens is 359 g/mol. The zero-order chi connectivity index (χ0) is 19.3. The Kier molecular flexibility index (Phi) is 6.31. The Morgan fingerprint density at radius 2 is 1.08 bits per heavy atom. The fourth-order valence-electron chi connectivity index (χ4n) is 2.42. The van der Waals surface area contributed by atoms with Gasteiger partial charge in [0.15, 0.2) is 23.0 Å². The van der Waals surface area contributed by atoms with Gasteiger partial charge in [-0.05, 0) is 24.3 Å². The van der Waals surface area contributed by atoms with E-state index in [2.05, 4.69) is 0 Å². The number of para-hydroxylation sites is 2. The van der Waals surface area contributed by atoms with Crippen LogP contribution in [0.3, 0.4) is 0 Å². The number of hydrogen-bond acceptors (Lipinski definition) is 7. The zero-order valence-electron chi connectivity index (χ0n) is 14.8. The largest absolute Gasteiger partial charge is 0.502 e. The van der Waals surface area contributed by atoms with Crippen molar-refractivity contribution >= 4 is 18.8 Å². The van der Waals surface area contributed by atoms with E-state index < -0.39 is 18.8 Å². The highest BCUT2D eigenvalue weighted by molar-refractivity contribution is 7.80. The van der Waals surface area contributed by atoms with Gasteiger partial charge in [0.1, 0.15) is 11.1 Å². The molecule has 0 aliphatic heterocycles. The van der Waals surface area contributed by atoms with Crippen LogP contribution in [0.5, 0.6) is 23.0 Å².